The van der Waals surface area contributed by atoms with Gasteiger partial charge in [-0.05, 0) is 24.6 Å². The minimum atomic E-state index is -0.285. The molecular weight excluding hydrogens is 288 g/mol. The van der Waals surface area contributed by atoms with Crippen LogP contribution in [0.25, 0.3) is 0 Å². The van der Waals surface area contributed by atoms with Gasteiger partial charge in [-0.25, -0.2) is 0 Å². The molecule has 4 heteroatoms. The van der Waals surface area contributed by atoms with Crippen LogP contribution in [0.3, 0.4) is 0 Å². The van der Waals surface area contributed by atoms with Gasteiger partial charge in [0, 0.05) is 25.2 Å². The number of nitrogens with zero attached hydrogens (tertiary/aromatic N) is 1. The fourth-order valence-electron chi connectivity index (χ4n) is 2.79. The van der Waals surface area contributed by atoms with Crippen LogP contribution in [0, 0.1) is 12.8 Å². The number of aryl methyl sites for hydroxylation is 1. The van der Waals surface area contributed by atoms with Crippen LogP contribution in [0.5, 0.6) is 0 Å². The molecule has 2 aromatic carbocycles. The summed E-state index contributed by atoms with van der Waals surface area (Å²) >= 11 is 0. The molecule has 1 fully saturated rings. The summed E-state index contributed by atoms with van der Waals surface area (Å²) in [5, 5.41) is 2.90. The number of hydrogen-bond donors (Lipinski definition) is 1. The SMILES string of the molecule is Cc1ccc(NC(=O)[C@@H]2CC(=O)N(Cc3ccccc3)C2)cc1. The zero-order chi connectivity index (χ0) is 16.2. The third-order valence-corrected chi connectivity index (χ3v) is 4.12. The predicted octanol–water partition coefficient (Wildman–Crippen LogP) is 2.98. The molecule has 0 saturated carbocycles. The van der Waals surface area contributed by atoms with Crippen molar-refractivity contribution in [3.63, 3.8) is 0 Å². The lowest BCUT2D eigenvalue weighted by molar-refractivity contribution is -0.128. The molecule has 2 amide bonds. The molecule has 0 radical (unpaired) electrons. The minimum Gasteiger partial charge on any atom is -0.338 e. The van der Waals surface area contributed by atoms with Gasteiger partial charge < -0.3 is 10.2 Å². The fraction of sp³-hybridized carbons (Fsp3) is 0.263. The number of benzene rings is 2. The highest BCUT2D eigenvalue weighted by molar-refractivity contribution is 5.97. The van der Waals surface area contributed by atoms with Crippen molar-refractivity contribution in [1.29, 1.82) is 0 Å². The fourth-order valence-corrected chi connectivity index (χ4v) is 2.79. The Labute approximate surface area is 136 Å². The van der Waals surface area contributed by atoms with E-state index in [0.29, 0.717) is 13.1 Å². The molecule has 0 bridgehead atoms. The molecule has 1 N–H and O–H groups in total. The third-order valence-electron chi connectivity index (χ3n) is 4.12. The largest absolute Gasteiger partial charge is 0.338 e. The molecule has 118 valence electrons. The van der Waals surface area contributed by atoms with Crippen molar-refractivity contribution < 1.29 is 9.59 Å². The Kier molecular flexibility index (Phi) is 4.42. The number of carbonyl (C=O) groups is 2. The highest BCUT2D eigenvalue weighted by Crippen LogP contribution is 2.22. The summed E-state index contributed by atoms with van der Waals surface area (Å²) < 4.78 is 0. The van der Waals surface area contributed by atoms with Crippen LogP contribution in [-0.4, -0.2) is 23.3 Å². The van der Waals surface area contributed by atoms with Crippen molar-refractivity contribution in [3.05, 3.63) is 65.7 Å². The van der Waals surface area contributed by atoms with Crippen LogP contribution in [-0.2, 0) is 16.1 Å². The van der Waals surface area contributed by atoms with Gasteiger partial charge in [-0.1, -0.05) is 48.0 Å². The number of rotatable bonds is 4. The van der Waals surface area contributed by atoms with E-state index < -0.39 is 0 Å². The van der Waals surface area contributed by atoms with Gasteiger partial charge in [0.25, 0.3) is 0 Å². The standard InChI is InChI=1S/C19H20N2O2/c1-14-7-9-17(10-8-14)20-19(23)16-11-18(22)21(13-16)12-15-5-3-2-4-6-15/h2-10,16H,11-13H2,1H3,(H,20,23)/t16-/m1/s1. The van der Waals surface area contributed by atoms with Crippen LogP contribution in [0.4, 0.5) is 5.69 Å². The number of amides is 2. The number of hydrogen-bond acceptors (Lipinski definition) is 2. The molecule has 1 aliphatic heterocycles. The Morgan fingerprint density at radius 3 is 2.52 bits per heavy atom. The Morgan fingerprint density at radius 1 is 1.13 bits per heavy atom. The molecule has 0 spiro atoms. The first kappa shape index (κ1) is 15.3. The molecule has 1 atom stereocenters. The van der Waals surface area contributed by atoms with Gasteiger partial charge in [-0.3, -0.25) is 9.59 Å². The van der Waals surface area contributed by atoms with E-state index in [1.54, 1.807) is 4.90 Å². The van der Waals surface area contributed by atoms with Gasteiger partial charge in [0.15, 0.2) is 0 Å². The van der Waals surface area contributed by atoms with Gasteiger partial charge >= 0.3 is 0 Å². The monoisotopic (exact) mass is 308 g/mol. The maximum atomic E-state index is 12.4. The van der Waals surface area contributed by atoms with Crippen LogP contribution < -0.4 is 5.32 Å². The van der Waals surface area contributed by atoms with E-state index in [9.17, 15) is 9.59 Å². The summed E-state index contributed by atoms with van der Waals surface area (Å²) in [5.41, 5.74) is 3.00. The molecular formula is C19H20N2O2. The lowest BCUT2D eigenvalue weighted by Gasteiger charge is -2.16. The molecule has 1 heterocycles. The van der Waals surface area contributed by atoms with Crippen LogP contribution in [0.1, 0.15) is 17.5 Å². The number of likely N-dealkylation sites (tertiary alicyclic amines) is 1. The molecule has 3 rings (SSSR count). The first-order valence-electron chi connectivity index (χ1n) is 7.81. The highest BCUT2D eigenvalue weighted by Gasteiger charge is 2.34. The second-order valence-corrected chi connectivity index (χ2v) is 6.02. The molecule has 1 saturated heterocycles. The third kappa shape index (κ3) is 3.77. The quantitative estimate of drug-likeness (QED) is 0.944. The zero-order valence-electron chi connectivity index (χ0n) is 13.2. The lowest BCUT2D eigenvalue weighted by atomic mass is 10.1. The van der Waals surface area contributed by atoms with Gasteiger partial charge in [0.2, 0.25) is 11.8 Å². The van der Waals surface area contributed by atoms with Crippen molar-refractivity contribution in [1.82, 2.24) is 4.90 Å². The number of nitrogens with one attached hydrogen (secondary N) is 1. The van der Waals surface area contributed by atoms with Crippen molar-refractivity contribution in [2.45, 2.75) is 19.9 Å². The van der Waals surface area contributed by atoms with Crippen LogP contribution in [0.2, 0.25) is 0 Å². The lowest BCUT2D eigenvalue weighted by Crippen LogP contribution is -2.28. The van der Waals surface area contributed by atoms with Gasteiger partial charge in [-0.2, -0.15) is 0 Å². The summed E-state index contributed by atoms with van der Waals surface area (Å²) in [6.07, 6.45) is 0.282. The Morgan fingerprint density at radius 2 is 1.83 bits per heavy atom. The van der Waals surface area contributed by atoms with Crippen LogP contribution >= 0.6 is 0 Å². The van der Waals surface area contributed by atoms with Crippen molar-refractivity contribution in [3.8, 4) is 0 Å². The van der Waals surface area contributed by atoms with E-state index in [0.717, 1.165) is 16.8 Å². The van der Waals surface area contributed by atoms with E-state index in [2.05, 4.69) is 5.32 Å². The van der Waals surface area contributed by atoms with E-state index in [-0.39, 0.29) is 24.2 Å². The molecule has 4 nitrogen and oxygen atoms in total. The molecule has 1 aliphatic rings. The summed E-state index contributed by atoms with van der Waals surface area (Å²) in [4.78, 5) is 26.2. The second-order valence-electron chi connectivity index (χ2n) is 6.02. The van der Waals surface area contributed by atoms with Crippen molar-refractivity contribution >= 4 is 17.5 Å². The Balaban J connectivity index is 1.60. The molecule has 2 aromatic rings. The van der Waals surface area contributed by atoms with Crippen molar-refractivity contribution in [2.24, 2.45) is 5.92 Å². The predicted molar refractivity (Wildman–Crippen MR) is 89.8 cm³/mol. The Hall–Kier alpha value is -2.62. The highest BCUT2D eigenvalue weighted by atomic mass is 16.2. The number of anilines is 1. The first-order chi connectivity index (χ1) is 11.1. The Bertz CT molecular complexity index is 695. The molecule has 0 unspecified atom stereocenters. The number of carbonyl (C=O) groups excluding carboxylic acids is 2. The first-order valence-corrected chi connectivity index (χ1v) is 7.81. The summed E-state index contributed by atoms with van der Waals surface area (Å²) in [6, 6.07) is 17.5. The van der Waals surface area contributed by atoms with E-state index in [1.165, 1.54) is 0 Å². The van der Waals surface area contributed by atoms with Crippen molar-refractivity contribution in [2.75, 3.05) is 11.9 Å². The topological polar surface area (TPSA) is 49.4 Å². The second kappa shape index (κ2) is 6.65. The summed E-state index contributed by atoms with van der Waals surface area (Å²) in [7, 11) is 0. The van der Waals surface area contributed by atoms with Gasteiger partial charge in [-0.15, -0.1) is 0 Å². The molecule has 0 aliphatic carbocycles. The van der Waals surface area contributed by atoms with E-state index in [4.69, 9.17) is 0 Å². The summed E-state index contributed by atoms with van der Waals surface area (Å²) in [5.74, 6) is -0.330. The van der Waals surface area contributed by atoms with E-state index >= 15 is 0 Å². The molecule has 23 heavy (non-hydrogen) atoms. The smallest absolute Gasteiger partial charge is 0.229 e. The van der Waals surface area contributed by atoms with Crippen LogP contribution in [0.15, 0.2) is 54.6 Å². The average Bonchev–Trinajstić information content (AvgIpc) is 2.92. The van der Waals surface area contributed by atoms with Gasteiger partial charge in [0.1, 0.15) is 0 Å². The maximum Gasteiger partial charge on any atom is 0.229 e. The van der Waals surface area contributed by atoms with Gasteiger partial charge in [0.05, 0.1) is 5.92 Å². The zero-order valence-corrected chi connectivity index (χ0v) is 13.2. The average molecular weight is 308 g/mol. The normalized spacial score (nSPS) is 17.3. The summed E-state index contributed by atoms with van der Waals surface area (Å²) in [6.45, 7) is 3.04. The minimum absolute atomic E-state index is 0.0397. The van der Waals surface area contributed by atoms with E-state index in [1.807, 2.05) is 61.5 Å². The molecule has 0 aromatic heterocycles. The maximum absolute atomic E-state index is 12.4.